The number of rotatable bonds is 4. The van der Waals surface area contributed by atoms with Crippen molar-refractivity contribution in [1.29, 1.82) is 0 Å². The van der Waals surface area contributed by atoms with E-state index < -0.39 is 53.0 Å². The van der Waals surface area contributed by atoms with Crippen LogP contribution in [0.15, 0.2) is 52.6 Å². The number of phenolic OH excluding ortho intramolecular Hbond substituents is 1. The lowest BCUT2D eigenvalue weighted by Crippen LogP contribution is -2.40. The van der Waals surface area contributed by atoms with Crippen LogP contribution in [-0.2, 0) is 24.0 Å². The number of carbonyl (C=O) groups excluding carboxylic acids is 4. The van der Waals surface area contributed by atoms with E-state index in [4.69, 9.17) is 5.11 Å². The first-order valence-corrected chi connectivity index (χ1v) is 11.4. The van der Waals surface area contributed by atoms with Crippen LogP contribution in [0.5, 0.6) is 5.75 Å². The average Bonchev–Trinajstić information content (AvgIpc) is 3.06. The van der Waals surface area contributed by atoms with Crippen LogP contribution in [0.2, 0.25) is 0 Å². The van der Waals surface area contributed by atoms with Crippen molar-refractivity contribution in [3.05, 3.63) is 64.0 Å². The van der Waals surface area contributed by atoms with Gasteiger partial charge < -0.3 is 10.2 Å². The molecule has 2 amide bonds. The van der Waals surface area contributed by atoms with Gasteiger partial charge >= 0.3 is 5.97 Å². The number of hydrogen-bond acceptors (Lipinski definition) is 6. The van der Waals surface area contributed by atoms with Gasteiger partial charge in [-0.3, -0.25) is 28.9 Å². The van der Waals surface area contributed by atoms with E-state index in [1.807, 2.05) is 0 Å². The Balaban J connectivity index is 1.63. The van der Waals surface area contributed by atoms with E-state index in [2.05, 4.69) is 0 Å². The molecule has 3 aliphatic carbocycles. The molecule has 1 fully saturated rings. The maximum Gasteiger partial charge on any atom is 0.305 e. The van der Waals surface area contributed by atoms with E-state index in [0.29, 0.717) is 11.1 Å². The van der Waals surface area contributed by atoms with Crippen molar-refractivity contribution in [2.24, 2.45) is 17.8 Å². The van der Waals surface area contributed by atoms with E-state index >= 15 is 0 Å². The topological polar surface area (TPSA) is 129 Å². The highest BCUT2D eigenvalue weighted by molar-refractivity contribution is 6.23. The van der Waals surface area contributed by atoms with Crippen molar-refractivity contribution in [2.45, 2.75) is 32.1 Å². The minimum atomic E-state index is -1.13. The summed E-state index contributed by atoms with van der Waals surface area (Å²) in [5.74, 6) is -7.06. The van der Waals surface area contributed by atoms with Crippen LogP contribution in [0.3, 0.4) is 0 Å². The summed E-state index contributed by atoms with van der Waals surface area (Å²) in [6.45, 7) is 1.30. The molecule has 8 nitrogen and oxygen atoms in total. The third-order valence-corrected chi connectivity index (χ3v) is 7.51. The maximum absolute atomic E-state index is 14.3. The largest absolute Gasteiger partial charge is 0.505 e. The lowest BCUT2D eigenvalue weighted by atomic mass is 9.59. The second-order valence-corrected chi connectivity index (χ2v) is 9.41. The quantitative estimate of drug-likeness (QED) is 0.386. The average molecular weight is 479 g/mol. The lowest BCUT2D eigenvalue weighted by molar-refractivity contribution is -0.142. The zero-order chi connectivity index (χ0) is 25.2. The van der Waals surface area contributed by atoms with E-state index in [0.717, 1.165) is 11.0 Å². The number of halogens is 1. The summed E-state index contributed by atoms with van der Waals surface area (Å²) in [6.07, 6.45) is 2.97. The van der Waals surface area contributed by atoms with Gasteiger partial charge in [0.15, 0.2) is 23.1 Å². The number of nitrogens with zero attached hydrogens (tertiary/aromatic N) is 1. The normalized spacial score (nSPS) is 27.9. The number of imide groups is 1. The SMILES string of the molecule is CC1=CC(=O)C2=C(C[C@@H]3C(=CC[C@@H]4C(=O)N(CCC(=O)O)C(=O)[C@@H]43)[C@@H]2c2ccc(O)c(F)c2)C1=O. The van der Waals surface area contributed by atoms with Crippen molar-refractivity contribution >= 4 is 29.4 Å². The van der Waals surface area contributed by atoms with E-state index in [-0.39, 0.29) is 54.1 Å². The number of ketones is 2. The summed E-state index contributed by atoms with van der Waals surface area (Å²) in [4.78, 5) is 64.6. The summed E-state index contributed by atoms with van der Waals surface area (Å²) >= 11 is 0. The fourth-order valence-electron chi connectivity index (χ4n) is 5.96. The summed E-state index contributed by atoms with van der Waals surface area (Å²) in [5, 5.41) is 18.7. The van der Waals surface area contributed by atoms with Crippen molar-refractivity contribution in [3.63, 3.8) is 0 Å². The molecule has 0 spiro atoms. The fraction of sp³-hybridized carbons (Fsp3) is 0.346. The van der Waals surface area contributed by atoms with Crippen molar-refractivity contribution in [3.8, 4) is 5.75 Å². The Bertz CT molecular complexity index is 1320. The van der Waals surface area contributed by atoms with Crippen molar-refractivity contribution < 1.29 is 38.6 Å². The van der Waals surface area contributed by atoms with Gasteiger partial charge in [-0.1, -0.05) is 17.7 Å². The molecule has 0 saturated carbocycles. The smallest absolute Gasteiger partial charge is 0.305 e. The van der Waals surface area contributed by atoms with Gasteiger partial charge in [-0.25, -0.2) is 4.39 Å². The molecule has 0 unspecified atom stereocenters. The number of fused-ring (bicyclic) bond motifs is 3. The van der Waals surface area contributed by atoms with Crippen LogP contribution in [-0.4, -0.2) is 51.0 Å². The predicted molar refractivity (Wildman–Crippen MR) is 118 cm³/mol. The standard InChI is InChI=1S/C26H22FNO7/c1-11-8-19(30)23-16(24(11)33)10-15-13(21(23)12-2-5-18(29)17(27)9-12)3-4-14-22(15)26(35)28(25(14)34)7-6-20(31)32/h2-3,5,8-9,14-15,21-22,29H,4,6-7,10H2,1H3,(H,31,32)/t14-,15+,21-,22-/m0/s1. The molecule has 5 rings (SSSR count). The van der Waals surface area contributed by atoms with Gasteiger partial charge in [0.2, 0.25) is 11.8 Å². The monoisotopic (exact) mass is 479 g/mol. The van der Waals surface area contributed by atoms with Crippen LogP contribution in [0, 0.1) is 23.6 Å². The number of aliphatic carboxylic acids is 1. The summed E-state index contributed by atoms with van der Waals surface area (Å²) in [5.41, 5.74) is 1.76. The fourth-order valence-corrected chi connectivity index (χ4v) is 5.96. The highest BCUT2D eigenvalue weighted by atomic mass is 19.1. The van der Waals surface area contributed by atoms with E-state index in [1.54, 1.807) is 6.08 Å². The van der Waals surface area contributed by atoms with Gasteiger partial charge in [0.1, 0.15) is 0 Å². The van der Waals surface area contributed by atoms with Gasteiger partial charge in [0, 0.05) is 29.2 Å². The number of amides is 2. The second-order valence-electron chi connectivity index (χ2n) is 9.41. The first kappa shape index (κ1) is 22.9. The van der Waals surface area contributed by atoms with Crippen LogP contribution in [0.25, 0.3) is 0 Å². The molecule has 9 heteroatoms. The molecule has 4 aliphatic rings. The van der Waals surface area contributed by atoms with Gasteiger partial charge in [-0.2, -0.15) is 0 Å². The number of phenols is 1. The lowest BCUT2D eigenvalue weighted by Gasteiger charge is -2.42. The Labute approximate surface area is 199 Å². The molecule has 2 N–H and O–H groups in total. The minimum absolute atomic E-state index is 0.0843. The van der Waals surface area contributed by atoms with Crippen molar-refractivity contribution in [2.75, 3.05) is 6.54 Å². The van der Waals surface area contributed by atoms with Gasteiger partial charge in [0.25, 0.3) is 0 Å². The molecule has 1 aliphatic heterocycles. The highest BCUT2D eigenvalue weighted by Gasteiger charge is 2.56. The minimum Gasteiger partial charge on any atom is -0.505 e. The number of carbonyl (C=O) groups is 5. The molecule has 1 heterocycles. The Morgan fingerprint density at radius 3 is 2.57 bits per heavy atom. The molecule has 1 aromatic rings. The first-order chi connectivity index (χ1) is 16.6. The number of hydrogen-bond donors (Lipinski definition) is 2. The molecule has 0 bridgehead atoms. The van der Waals surface area contributed by atoms with E-state index in [9.17, 15) is 33.5 Å². The third kappa shape index (κ3) is 3.45. The number of carboxylic acid groups (broad SMARTS) is 1. The maximum atomic E-state index is 14.3. The van der Waals surface area contributed by atoms with Gasteiger partial charge in [0.05, 0.1) is 18.3 Å². The number of aromatic hydroxyl groups is 1. The molecule has 180 valence electrons. The highest BCUT2D eigenvalue weighted by Crippen LogP contribution is 2.55. The number of benzene rings is 1. The predicted octanol–water partition coefficient (Wildman–Crippen LogP) is 2.44. The summed E-state index contributed by atoms with van der Waals surface area (Å²) in [6, 6.07) is 3.77. The molecule has 4 atom stereocenters. The molecule has 0 aromatic heterocycles. The molecular weight excluding hydrogens is 457 g/mol. The zero-order valence-electron chi connectivity index (χ0n) is 18.8. The number of carboxylic acids is 1. The Morgan fingerprint density at radius 2 is 1.89 bits per heavy atom. The Kier molecular flexibility index (Phi) is 5.30. The molecule has 1 saturated heterocycles. The number of likely N-dealkylation sites (tertiary alicyclic amines) is 1. The molecule has 0 radical (unpaired) electrons. The number of Topliss-reactive ketones (excluding diaryl/α,β-unsaturated/α-hetero) is 1. The summed E-state index contributed by atoms with van der Waals surface area (Å²) < 4.78 is 14.3. The van der Waals surface area contributed by atoms with Crippen LogP contribution in [0.1, 0.15) is 37.7 Å². The third-order valence-electron chi connectivity index (χ3n) is 7.51. The van der Waals surface area contributed by atoms with Crippen molar-refractivity contribution in [1.82, 2.24) is 4.90 Å². The Morgan fingerprint density at radius 1 is 1.14 bits per heavy atom. The molecule has 35 heavy (non-hydrogen) atoms. The zero-order valence-corrected chi connectivity index (χ0v) is 18.8. The number of allylic oxidation sites excluding steroid dienone is 6. The van der Waals surface area contributed by atoms with E-state index in [1.165, 1.54) is 25.1 Å². The second kappa shape index (κ2) is 8.11. The van der Waals surface area contributed by atoms with Gasteiger partial charge in [-0.05, 0) is 49.5 Å². The first-order valence-electron chi connectivity index (χ1n) is 11.4. The van der Waals surface area contributed by atoms with Crippen LogP contribution in [0.4, 0.5) is 4.39 Å². The summed E-state index contributed by atoms with van der Waals surface area (Å²) in [7, 11) is 0. The Hall–Kier alpha value is -3.88. The molecular formula is C26H22FNO7. The molecule has 1 aromatic carbocycles. The van der Waals surface area contributed by atoms with Crippen LogP contribution >= 0.6 is 0 Å². The van der Waals surface area contributed by atoms with Crippen LogP contribution < -0.4 is 0 Å². The van der Waals surface area contributed by atoms with Gasteiger partial charge in [-0.15, -0.1) is 0 Å².